The van der Waals surface area contributed by atoms with E-state index in [1.807, 2.05) is 6.92 Å². The van der Waals surface area contributed by atoms with Gasteiger partial charge in [0.15, 0.2) is 0 Å². The van der Waals surface area contributed by atoms with Crippen LogP contribution in [0.15, 0.2) is 0 Å². The van der Waals surface area contributed by atoms with Gasteiger partial charge in [0.1, 0.15) is 0 Å². The second kappa shape index (κ2) is 2.05. The molecule has 0 radical (unpaired) electrons. The van der Waals surface area contributed by atoms with Crippen LogP contribution in [0.4, 0.5) is 0 Å². The molecule has 0 aliphatic heterocycles. The third-order valence-corrected chi connectivity index (χ3v) is 4.47. The van der Waals surface area contributed by atoms with Crippen molar-refractivity contribution >= 4 is 0 Å². The van der Waals surface area contributed by atoms with Crippen molar-refractivity contribution in [2.24, 2.45) is 23.0 Å². The molecule has 12 heavy (non-hydrogen) atoms. The maximum absolute atomic E-state index is 10.2. The van der Waals surface area contributed by atoms with E-state index in [2.05, 4.69) is 13.8 Å². The summed E-state index contributed by atoms with van der Waals surface area (Å²) >= 11 is 0. The SMILES string of the molecule is CC1(C)[C@@H]2C[C@@H](N)[C@@](C)(O)[C@@H]1C2. The molecule has 3 saturated carbocycles. The van der Waals surface area contributed by atoms with E-state index in [4.69, 9.17) is 5.73 Å². The van der Waals surface area contributed by atoms with Gasteiger partial charge in [0, 0.05) is 6.04 Å². The second-order valence-electron chi connectivity index (χ2n) is 5.37. The number of rotatable bonds is 0. The number of fused-ring (bicyclic) bond motifs is 2. The topological polar surface area (TPSA) is 46.2 Å². The predicted molar refractivity (Wildman–Crippen MR) is 48.6 cm³/mol. The zero-order chi connectivity index (χ0) is 9.15. The van der Waals surface area contributed by atoms with Crippen LogP contribution in [0.25, 0.3) is 0 Å². The molecule has 0 heterocycles. The van der Waals surface area contributed by atoms with Crippen molar-refractivity contribution in [3.05, 3.63) is 0 Å². The first-order valence-electron chi connectivity index (χ1n) is 4.84. The lowest BCUT2D eigenvalue weighted by molar-refractivity contribution is -0.202. The molecule has 0 saturated heterocycles. The average Bonchev–Trinajstić information content (AvgIpc) is 1.93. The summed E-state index contributed by atoms with van der Waals surface area (Å²) in [6.45, 7) is 6.41. The highest BCUT2D eigenvalue weighted by molar-refractivity contribution is 5.13. The summed E-state index contributed by atoms with van der Waals surface area (Å²) in [5.74, 6) is 1.16. The van der Waals surface area contributed by atoms with Crippen LogP contribution >= 0.6 is 0 Å². The Labute approximate surface area is 74.1 Å². The second-order valence-corrected chi connectivity index (χ2v) is 5.37. The molecule has 0 aromatic carbocycles. The van der Waals surface area contributed by atoms with E-state index in [0.717, 1.165) is 12.3 Å². The van der Waals surface area contributed by atoms with Gasteiger partial charge < -0.3 is 10.8 Å². The molecule has 3 aliphatic rings. The summed E-state index contributed by atoms with van der Waals surface area (Å²) in [6.07, 6.45) is 2.17. The quantitative estimate of drug-likeness (QED) is 0.571. The highest BCUT2D eigenvalue weighted by atomic mass is 16.3. The van der Waals surface area contributed by atoms with E-state index in [9.17, 15) is 5.11 Å². The Kier molecular flexibility index (Phi) is 1.45. The lowest BCUT2D eigenvalue weighted by Gasteiger charge is -2.64. The van der Waals surface area contributed by atoms with Gasteiger partial charge in [0.25, 0.3) is 0 Å². The van der Waals surface area contributed by atoms with Crippen LogP contribution in [-0.4, -0.2) is 16.7 Å². The summed E-state index contributed by atoms with van der Waals surface area (Å²) in [6, 6.07) is -0.00530. The molecule has 0 amide bonds. The smallest absolute Gasteiger partial charge is 0.0803 e. The van der Waals surface area contributed by atoms with Crippen molar-refractivity contribution in [1.82, 2.24) is 0 Å². The van der Waals surface area contributed by atoms with Crippen LogP contribution in [0.5, 0.6) is 0 Å². The van der Waals surface area contributed by atoms with Gasteiger partial charge >= 0.3 is 0 Å². The Hall–Kier alpha value is -0.0800. The minimum absolute atomic E-state index is 0.00530. The number of nitrogens with two attached hydrogens (primary N) is 1. The van der Waals surface area contributed by atoms with Crippen molar-refractivity contribution < 1.29 is 5.11 Å². The molecule has 2 bridgehead atoms. The molecule has 0 aromatic heterocycles. The summed E-state index contributed by atoms with van der Waals surface area (Å²) < 4.78 is 0. The summed E-state index contributed by atoms with van der Waals surface area (Å²) in [5.41, 5.74) is 5.60. The Balaban J connectivity index is 2.27. The van der Waals surface area contributed by atoms with E-state index >= 15 is 0 Å². The number of hydrogen-bond acceptors (Lipinski definition) is 2. The standard InChI is InChI=1S/C10H19NO/c1-9(2)6-4-7(9)10(3,12)8(11)5-6/h6-8,12H,4-5,11H2,1-3H3/t6-,7+,8+,10-/m0/s1. The van der Waals surface area contributed by atoms with Gasteiger partial charge in [-0.3, -0.25) is 0 Å². The lowest BCUT2D eigenvalue weighted by atomic mass is 9.43. The number of aliphatic hydroxyl groups is 1. The molecular formula is C10H19NO. The molecule has 3 aliphatic carbocycles. The Bertz CT molecular complexity index is 210. The average molecular weight is 169 g/mol. The minimum Gasteiger partial charge on any atom is -0.388 e. The van der Waals surface area contributed by atoms with Gasteiger partial charge in [-0.25, -0.2) is 0 Å². The molecule has 2 nitrogen and oxygen atoms in total. The summed E-state index contributed by atoms with van der Waals surface area (Å²) in [4.78, 5) is 0. The third-order valence-electron chi connectivity index (χ3n) is 4.47. The zero-order valence-electron chi connectivity index (χ0n) is 8.17. The molecule has 3 fully saturated rings. The summed E-state index contributed by atoms with van der Waals surface area (Å²) in [7, 11) is 0. The molecule has 0 aromatic rings. The largest absolute Gasteiger partial charge is 0.388 e. The van der Waals surface area contributed by atoms with Crippen molar-refractivity contribution in [3.63, 3.8) is 0 Å². The molecule has 4 atom stereocenters. The summed E-state index contributed by atoms with van der Waals surface area (Å²) in [5, 5.41) is 10.2. The van der Waals surface area contributed by atoms with E-state index in [1.165, 1.54) is 6.42 Å². The first-order chi connectivity index (χ1) is 5.37. The van der Waals surface area contributed by atoms with Gasteiger partial charge in [-0.1, -0.05) is 13.8 Å². The van der Waals surface area contributed by atoms with E-state index in [-0.39, 0.29) is 6.04 Å². The van der Waals surface area contributed by atoms with Crippen LogP contribution in [0, 0.1) is 17.3 Å². The zero-order valence-corrected chi connectivity index (χ0v) is 8.17. The van der Waals surface area contributed by atoms with Gasteiger partial charge in [0.2, 0.25) is 0 Å². The van der Waals surface area contributed by atoms with Gasteiger partial charge in [-0.05, 0) is 37.0 Å². The Morgan fingerprint density at radius 3 is 2.17 bits per heavy atom. The van der Waals surface area contributed by atoms with Crippen molar-refractivity contribution in [3.8, 4) is 0 Å². The highest BCUT2D eigenvalue weighted by Crippen LogP contribution is 2.62. The van der Waals surface area contributed by atoms with Crippen LogP contribution in [0.3, 0.4) is 0 Å². The fourth-order valence-electron chi connectivity index (χ4n) is 3.21. The normalized spacial score (nSPS) is 56.2. The predicted octanol–water partition coefficient (Wildman–Crippen LogP) is 1.13. The maximum atomic E-state index is 10.2. The van der Waals surface area contributed by atoms with E-state index in [1.54, 1.807) is 0 Å². The van der Waals surface area contributed by atoms with Crippen LogP contribution in [-0.2, 0) is 0 Å². The Morgan fingerprint density at radius 2 is 1.83 bits per heavy atom. The van der Waals surface area contributed by atoms with Crippen molar-refractivity contribution in [2.45, 2.75) is 45.3 Å². The maximum Gasteiger partial charge on any atom is 0.0803 e. The molecule has 3 N–H and O–H groups in total. The van der Waals surface area contributed by atoms with Crippen LogP contribution < -0.4 is 5.73 Å². The Morgan fingerprint density at radius 1 is 1.25 bits per heavy atom. The molecule has 3 rings (SSSR count). The van der Waals surface area contributed by atoms with E-state index in [0.29, 0.717) is 11.3 Å². The van der Waals surface area contributed by atoms with E-state index < -0.39 is 5.60 Å². The minimum atomic E-state index is -0.627. The monoisotopic (exact) mass is 169 g/mol. The van der Waals surface area contributed by atoms with Gasteiger partial charge in [0.05, 0.1) is 5.60 Å². The fraction of sp³-hybridized carbons (Fsp3) is 1.00. The number of hydrogen-bond donors (Lipinski definition) is 2. The molecule has 2 heteroatoms. The van der Waals surface area contributed by atoms with Gasteiger partial charge in [-0.2, -0.15) is 0 Å². The molecule has 0 unspecified atom stereocenters. The van der Waals surface area contributed by atoms with Crippen molar-refractivity contribution in [2.75, 3.05) is 0 Å². The fourth-order valence-corrected chi connectivity index (χ4v) is 3.21. The molecular weight excluding hydrogens is 150 g/mol. The van der Waals surface area contributed by atoms with Crippen molar-refractivity contribution in [1.29, 1.82) is 0 Å². The molecule has 0 spiro atoms. The van der Waals surface area contributed by atoms with Gasteiger partial charge in [-0.15, -0.1) is 0 Å². The van der Waals surface area contributed by atoms with Crippen LogP contribution in [0.1, 0.15) is 33.6 Å². The lowest BCUT2D eigenvalue weighted by Crippen LogP contribution is -2.68. The highest BCUT2D eigenvalue weighted by Gasteiger charge is 2.61. The molecule has 70 valence electrons. The first kappa shape index (κ1) is 8.52. The van der Waals surface area contributed by atoms with Crippen LogP contribution in [0.2, 0.25) is 0 Å². The third kappa shape index (κ3) is 0.775. The first-order valence-corrected chi connectivity index (χ1v) is 4.84.